The molecule has 0 radical (unpaired) electrons. The maximum atomic E-state index is 11.2. The first-order valence-corrected chi connectivity index (χ1v) is 12.3. The maximum absolute atomic E-state index is 11.2. The van der Waals surface area contributed by atoms with Gasteiger partial charge >= 0.3 is 0 Å². The summed E-state index contributed by atoms with van der Waals surface area (Å²) >= 11 is 1.61. The van der Waals surface area contributed by atoms with E-state index in [-0.39, 0.29) is 5.91 Å². The molecule has 6 heteroatoms. The number of carbonyl (C=O) groups excluding carboxylic acids is 1. The number of nitrogens with one attached hydrogen (secondary N) is 1. The Morgan fingerprint density at radius 2 is 2.00 bits per heavy atom. The van der Waals surface area contributed by atoms with Crippen molar-refractivity contribution in [3.8, 4) is 22.0 Å². The van der Waals surface area contributed by atoms with Crippen molar-refractivity contribution in [2.45, 2.75) is 26.6 Å². The Balaban J connectivity index is 1.96. The van der Waals surface area contributed by atoms with Crippen LogP contribution in [0.3, 0.4) is 0 Å². The molecule has 0 saturated heterocycles. The van der Waals surface area contributed by atoms with E-state index in [0.29, 0.717) is 5.69 Å². The van der Waals surface area contributed by atoms with Crippen LogP contribution in [-0.4, -0.2) is 23.9 Å². The van der Waals surface area contributed by atoms with Crippen molar-refractivity contribution in [2.75, 3.05) is 5.32 Å². The van der Waals surface area contributed by atoms with E-state index >= 15 is 0 Å². The van der Waals surface area contributed by atoms with Crippen LogP contribution in [-0.2, 0) is 4.79 Å². The topological polar surface area (TPSA) is 54.9 Å². The SMILES string of the molecule is CC(=O)Nc1cncc(-c2nc3cc(C#C[Si](C)(C)C)ccc3s2)c1. The minimum atomic E-state index is -1.40. The highest BCUT2D eigenvalue weighted by Gasteiger charge is 2.10. The van der Waals surface area contributed by atoms with Crippen LogP contribution in [0, 0.1) is 11.5 Å². The zero-order valence-electron chi connectivity index (χ0n) is 14.7. The second-order valence-corrected chi connectivity index (χ2v) is 12.6. The van der Waals surface area contributed by atoms with Crippen LogP contribution in [0.1, 0.15) is 12.5 Å². The first kappa shape index (κ1) is 17.3. The standard InChI is InChI=1S/C19H19N3OSSi/c1-13(23)21-16-10-15(11-20-12-16)19-22-17-9-14(5-6-18(17)24-19)7-8-25(2,3)4/h5-6,9-12H,1-4H3,(H,21,23). The molecule has 4 nitrogen and oxygen atoms in total. The van der Waals surface area contributed by atoms with E-state index in [0.717, 1.165) is 26.4 Å². The molecule has 0 aliphatic rings. The molecule has 2 heterocycles. The molecule has 0 atom stereocenters. The van der Waals surface area contributed by atoms with Crippen molar-refractivity contribution in [1.29, 1.82) is 0 Å². The lowest BCUT2D eigenvalue weighted by Gasteiger charge is -2.03. The highest BCUT2D eigenvalue weighted by Crippen LogP contribution is 2.31. The fourth-order valence-electron chi connectivity index (χ4n) is 2.22. The Labute approximate surface area is 152 Å². The molecule has 2 aromatic heterocycles. The van der Waals surface area contributed by atoms with Crippen LogP contribution < -0.4 is 5.32 Å². The molecule has 0 aliphatic carbocycles. The number of carbonyl (C=O) groups is 1. The number of hydrogen-bond acceptors (Lipinski definition) is 4. The molecule has 1 aromatic carbocycles. The van der Waals surface area contributed by atoms with Gasteiger partial charge in [0.1, 0.15) is 13.1 Å². The highest BCUT2D eigenvalue weighted by atomic mass is 32.1. The lowest BCUT2D eigenvalue weighted by atomic mass is 10.2. The average Bonchev–Trinajstić information content (AvgIpc) is 2.95. The predicted octanol–water partition coefficient (Wildman–Crippen LogP) is 4.55. The summed E-state index contributed by atoms with van der Waals surface area (Å²) in [5.74, 6) is 3.16. The van der Waals surface area contributed by atoms with Gasteiger partial charge in [-0.25, -0.2) is 4.98 Å². The summed E-state index contributed by atoms with van der Waals surface area (Å²) in [5.41, 5.74) is 6.88. The molecule has 1 N–H and O–H groups in total. The number of thiazole rings is 1. The van der Waals surface area contributed by atoms with E-state index in [1.54, 1.807) is 23.7 Å². The Morgan fingerprint density at radius 3 is 2.72 bits per heavy atom. The number of amides is 1. The molecule has 126 valence electrons. The predicted molar refractivity (Wildman–Crippen MR) is 107 cm³/mol. The molecule has 1 amide bonds. The minimum absolute atomic E-state index is 0.117. The molecule has 0 aliphatic heterocycles. The molecule has 0 spiro atoms. The number of aromatic nitrogens is 2. The fraction of sp³-hybridized carbons (Fsp3) is 0.211. The van der Waals surface area contributed by atoms with Crippen molar-refractivity contribution in [1.82, 2.24) is 9.97 Å². The van der Waals surface area contributed by atoms with E-state index in [2.05, 4.69) is 47.5 Å². The third-order valence-corrected chi connectivity index (χ3v) is 5.24. The van der Waals surface area contributed by atoms with Gasteiger partial charge in [-0.1, -0.05) is 25.6 Å². The Bertz CT molecular complexity index is 1010. The largest absolute Gasteiger partial charge is 0.325 e. The molecular formula is C19H19N3OSSi. The molecule has 3 aromatic rings. The van der Waals surface area contributed by atoms with Crippen LogP contribution in [0.5, 0.6) is 0 Å². The van der Waals surface area contributed by atoms with Crippen molar-refractivity contribution in [3.05, 3.63) is 42.2 Å². The summed E-state index contributed by atoms with van der Waals surface area (Å²) in [4.78, 5) is 20.1. The molecule has 0 unspecified atom stereocenters. The fourth-order valence-corrected chi connectivity index (χ4v) is 3.66. The second kappa shape index (κ2) is 6.79. The van der Waals surface area contributed by atoms with E-state index in [1.807, 2.05) is 18.2 Å². The number of hydrogen-bond donors (Lipinski definition) is 1. The first-order chi connectivity index (χ1) is 11.8. The Morgan fingerprint density at radius 1 is 1.20 bits per heavy atom. The third kappa shape index (κ3) is 4.53. The summed E-state index contributed by atoms with van der Waals surface area (Å²) in [5, 5.41) is 3.63. The van der Waals surface area contributed by atoms with Crippen LogP contribution in [0.2, 0.25) is 19.6 Å². The van der Waals surface area contributed by atoms with Crippen molar-refractivity contribution < 1.29 is 4.79 Å². The molecule has 3 rings (SSSR count). The normalized spacial score (nSPS) is 11.0. The van der Waals surface area contributed by atoms with Gasteiger partial charge in [0, 0.05) is 24.2 Å². The van der Waals surface area contributed by atoms with Crippen molar-refractivity contribution >= 4 is 41.2 Å². The zero-order chi connectivity index (χ0) is 18.0. The van der Waals surface area contributed by atoms with E-state index in [9.17, 15) is 4.79 Å². The molecular weight excluding hydrogens is 346 g/mol. The molecule has 0 saturated carbocycles. The van der Waals surface area contributed by atoms with Gasteiger partial charge in [0.15, 0.2) is 0 Å². The van der Waals surface area contributed by atoms with Gasteiger partial charge in [0.2, 0.25) is 5.91 Å². The second-order valence-electron chi connectivity index (χ2n) is 6.84. The van der Waals surface area contributed by atoms with Gasteiger partial charge in [-0.15, -0.1) is 16.9 Å². The highest BCUT2D eigenvalue weighted by molar-refractivity contribution is 7.21. The summed E-state index contributed by atoms with van der Waals surface area (Å²) in [6.45, 7) is 8.17. The number of nitrogens with zero attached hydrogens (tertiary/aromatic N) is 2. The van der Waals surface area contributed by atoms with Crippen LogP contribution in [0.15, 0.2) is 36.7 Å². The zero-order valence-corrected chi connectivity index (χ0v) is 16.5. The van der Waals surface area contributed by atoms with E-state index in [4.69, 9.17) is 4.98 Å². The van der Waals surface area contributed by atoms with Crippen molar-refractivity contribution in [3.63, 3.8) is 0 Å². The quantitative estimate of drug-likeness (QED) is 0.535. The van der Waals surface area contributed by atoms with Gasteiger partial charge in [-0.2, -0.15) is 0 Å². The minimum Gasteiger partial charge on any atom is -0.325 e. The number of rotatable bonds is 2. The lowest BCUT2D eigenvalue weighted by molar-refractivity contribution is -0.114. The molecule has 0 fully saturated rings. The maximum Gasteiger partial charge on any atom is 0.221 e. The Hall–Kier alpha value is -2.49. The van der Waals surface area contributed by atoms with Gasteiger partial charge in [0.05, 0.1) is 22.1 Å². The smallest absolute Gasteiger partial charge is 0.221 e. The number of pyridine rings is 1. The number of anilines is 1. The molecule has 25 heavy (non-hydrogen) atoms. The summed E-state index contributed by atoms with van der Waals surface area (Å²) < 4.78 is 1.11. The van der Waals surface area contributed by atoms with Crippen LogP contribution >= 0.6 is 11.3 Å². The molecule has 0 bridgehead atoms. The summed E-state index contributed by atoms with van der Waals surface area (Å²) in [6, 6.07) is 8.03. The van der Waals surface area contributed by atoms with Gasteiger partial charge in [0.25, 0.3) is 0 Å². The van der Waals surface area contributed by atoms with Gasteiger partial charge in [-0.05, 0) is 24.3 Å². The van der Waals surface area contributed by atoms with E-state index < -0.39 is 8.07 Å². The average molecular weight is 366 g/mol. The van der Waals surface area contributed by atoms with Crippen molar-refractivity contribution in [2.24, 2.45) is 0 Å². The van der Waals surface area contributed by atoms with Gasteiger partial charge in [-0.3, -0.25) is 9.78 Å². The summed E-state index contributed by atoms with van der Waals surface area (Å²) in [6.07, 6.45) is 3.39. The third-order valence-electron chi connectivity index (χ3n) is 3.27. The van der Waals surface area contributed by atoms with Gasteiger partial charge < -0.3 is 5.32 Å². The van der Waals surface area contributed by atoms with Crippen LogP contribution in [0.4, 0.5) is 5.69 Å². The van der Waals surface area contributed by atoms with Crippen LogP contribution in [0.25, 0.3) is 20.8 Å². The number of benzene rings is 1. The monoisotopic (exact) mass is 365 g/mol. The summed E-state index contributed by atoms with van der Waals surface area (Å²) in [7, 11) is -1.40. The number of fused-ring (bicyclic) bond motifs is 1. The first-order valence-electron chi connectivity index (χ1n) is 7.97. The van der Waals surface area contributed by atoms with E-state index in [1.165, 1.54) is 6.92 Å². The Kier molecular flexibility index (Phi) is 4.71. The lowest BCUT2D eigenvalue weighted by Crippen LogP contribution is -2.16.